The van der Waals surface area contributed by atoms with Crippen LogP contribution < -0.4 is 11.1 Å². The molecule has 20 heavy (non-hydrogen) atoms. The Morgan fingerprint density at radius 1 is 1.45 bits per heavy atom. The number of nitrogens with one attached hydrogen (secondary N) is 1. The van der Waals surface area contributed by atoms with Gasteiger partial charge in [-0.1, -0.05) is 13.0 Å². The summed E-state index contributed by atoms with van der Waals surface area (Å²) in [7, 11) is 0. The predicted molar refractivity (Wildman–Crippen MR) is 86.1 cm³/mol. The fraction of sp³-hybridized carbons (Fsp3) is 0.562. The minimum absolute atomic E-state index is 0.358. The molecule has 0 saturated heterocycles. The van der Waals surface area contributed by atoms with Crippen molar-refractivity contribution in [3.8, 4) is 0 Å². The van der Waals surface area contributed by atoms with E-state index >= 15 is 0 Å². The second-order valence-electron chi connectivity index (χ2n) is 5.47. The Labute approximate surface area is 125 Å². The number of aryl methyl sites for hydroxylation is 1. The van der Waals surface area contributed by atoms with Crippen LogP contribution in [0.5, 0.6) is 0 Å². The number of hydrogen-bond acceptors (Lipinski definition) is 3. The van der Waals surface area contributed by atoms with Crippen molar-refractivity contribution in [2.75, 3.05) is 5.75 Å². The molecule has 0 aliphatic heterocycles. The standard InChI is InChI=1S/C16H24N2OS/c1-3-20-15-7-6-14(9-15)18-10-13-5-4-12(16(17)19)8-11(13)2/h4-5,8,14-15,18H,3,6-7,9-10H2,1-2H3,(H2,17,19). The zero-order chi connectivity index (χ0) is 14.5. The van der Waals surface area contributed by atoms with Gasteiger partial charge >= 0.3 is 0 Å². The first-order chi connectivity index (χ1) is 9.60. The molecule has 1 amide bonds. The summed E-state index contributed by atoms with van der Waals surface area (Å²) >= 11 is 2.08. The molecule has 1 aliphatic carbocycles. The highest BCUT2D eigenvalue weighted by atomic mass is 32.2. The highest BCUT2D eigenvalue weighted by molar-refractivity contribution is 7.99. The molecular weight excluding hydrogens is 268 g/mol. The summed E-state index contributed by atoms with van der Waals surface area (Å²) in [6.07, 6.45) is 3.88. The molecule has 2 unspecified atom stereocenters. The van der Waals surface area contributed by atoms with Crippen LogP contribution in [0.3, 0.4) is 0 Å². The molecule has 2 rings (SSSR count). The molecule has 3 N–H and O–H groups in total. The minimum Gasteiger partial charge on any atom is -0.366 e. The number of rotatable bonds is 6. The highest BCUT2D eigenvalue weighted by Crippen LogP contribution is 2.29. The van der Waals surface area contributed by atoms with Gasteiger partial charge in [-0.3, -0.25) is 4.79 Å². The molecule has 0 heterocycles. The lowest BCUT2D eigenvalue weighted by Gasteiger charge is -2.14. The van der Waals surface area contributed by atoms with E-state index in [1.165, 1.54) is 30.6 Å². The Bertz CT molecular complexity index is 476. The Hall–Kier alpha value is -1.00. The first-order valence-electron chi connectivity index (χ1n) is 7.34. The van der Waals surface area contributed by atoms with E-state index in [4.69, 9.17) is 5.73 Å². The van der Waals surface area contributed by atoms with Crippen LogP contribution in [-0.4, -0.2) is 23.0 Å². The minimum atomic E-state index is -0.358. The van der Waals surface area contributed by atoms with Crippen LogP contribution in [0.2, 0.25) is 0 Å². The number of amides is 1. The van der Waals surface area contributed by atoms with Gasteiger partial charge in [0.2, 0.25) is 5.91 Å². The van der Waals surface area contributed by atoms with E-state index in [9.17, 15) is 4.79 Å². The molecule has 3 nitrogen and oxygen atoms in total. The fourth-order valence-corrected chi connectivity index (χ4v) is 3.96. The van der Waals surface area contributed by atoms with Crippen molar-refractivity contribution < 1.29 is 4.79 Å². The van der Waals surface area contributed by atoms with Gasteiger partial charge in [0.1, 0.15) is 0 Å². The van der Waals surface area contributed by atoms with E-state index in [0.717, 1.165) is 17.4 Å². The lowest BCUT2D eigenvalue weighted by molar-refractivity contribution is 0.1000. The van der Waals surface area contributed by atoms with Gasteiger partial charge in [0, 0.05) is 23.4 Å². The number of carbonyl (C=O) groups is 1. The van der Waals surface area contributed by atoms with Crippen molar-refractivity contribution >= 4 is 17.7 Å². The lowest BCUT2D eigenvalue weighted by atomic mass is 10.0. The third-order valence-corrected chi connectivity index (χ3v) is 5.23. The molecule has 0 radical (unpaired) electrons. The molecule has 1 aromatic rings. The smallest absolute Gasteiger partial charge is 0.248 e. The Kier molecular flexibility index (Phi) is 5.49. The van der Waals surface area contributed by atoms with Crippen molar-refractivity contribution in [1.82, 2.24) is 5.32 Å². The third kappa shape index (κ3) is 4.00. The summed E-state index contributed by atoms with van der Waals surface area (Å²) < 4.78 is 0. The van der Waals surface area contributed by atoms with E-state index in [1.54, 1.807) is 0 Å². The van der Waals surface area contributed by atoms with Crippen molar-refractivity contribution in [2.45, 2.75) is 50.9 Å². The third-order valence-electron chi connectivity index (χ3n) is 4.00. The van der Waals surface area contributed by atoms with Crippen LogP contribution >= 0.6 is 11.8 Å². The topological polar surface area (TPSA) is 55.1 Å². The summed E-state index contributed by atoms with van der Waals surface area (Å²) in [5, 5.41) is 4.48. The van der Waals surface area contributed by atoms with Gasteiger partial charge in [-0.05, 0) is 55.2 Å². The highest BCUT2D eigenvalue weighted by Gasteiger charge is 2.23. The summed E-state index contributed by atoms with van der Waals surface area (Å²) in [5.74, 6) is 0.855. The maximum atomic E-state index is 11.1. The number of primary amides is 1. The Morgan fingerprint density at radius 2 is 2.25 bits per heavy atom. The molecule has 2 atom stereocenters. The van der Waals surface area contributed by atoms with Crippen LogP contribution in [0.1, 0.15) is 47.7 Å². The van der Waals surface area contributed by atoms with E-state index in [-0.39, 0.29) is 5.91 Å². The first kappa shape index (κ1) is 15.4. The Balaban J connectivity index is 1.87. The summed E-state index contributed by atoms with van der Waals surface area (Å²) in [6, 6.07) is 6.34. The van der Waals surface area contributed by atoms with E-state index in [1.807, 2.05) is 25.1 Å². The van der Waals surface area contributed by atoms with Gasteiger partial charge in [-0.15, -0.1) is 0 Å². The maximum Gasteiger partial charge on any atom is 0.248 e. The zero-order valence-corrected chi connectivity index (χ0v) is 13.1. The van der Waals surface area contributed by atoms with Gasteiger partial charge in [-0.25, -0.2) is 0 Å². The maximum absolute atomic E-state index is 11.1. The van der Waals surface area contributed by atoms with Gasteiger partial charge in [0.05, 0.1) is 0 Å². The SMILES string of the molecule is CCSC1CCC(NCc2ccc(C(N)=O)cc2C)C1. The predicted octanol–water partition coefficient (Wildman–Crippen LogP) is 2.86. The molecule has 110 valence electrons. The van der Waals surface area contributed by atoms with Gasteiger partial charge in [0.25, 0.3) is 0 Å². The largest absolute Gasteiger partial charge is 0.366 e. The zero-order valence-electron chi connectivity index (χ0n) is 12.3. The number of hydrogen-bond donors (Lipinski definition) is 2. The molecule has 1 aliphatic rings. The van der Waals surface area contributed by atoms with Gasteiger partial charge in [-0.2, -0.15) is 11.8 Å². The number of benzene rings is 1. The van der Waals surface area contributed by atoms with Crippen molar-refractivity contribution in [1.29, 1.82) is 0 Å². The number of thioether (sulfide) groups is 1. The van der Waals surface area contributed by atoms with Crippen LogP contribution in [0.15, 0.2) is 18.2 Å². The first-order valence-corrected chi connectivity index (χ1v) is 8.39. The van der Waals surface area contributed by atoms with Gasteiger partial charge < -0.3 is 11.1 Å². The Morgan fingerprint density at radius 3 is 2.90 bits per heavy atom. The van der Waals surface area contributed by atoms with Gasteiger partial charge in [0.15, 0.2) is 0 Å². The van der Waals surface area contributed by atoms with E-state index < -0.39 is 0 Å². The normalized spacial score (nSPS) is 22.1. The molecule has 1 saturated carbocycles. The van der Waals surface area contributed by atoms with Crippen molar-refractivity contribution in [2.24, 2.45) is 5.73 Å². The van der Waals surface area contributed by atoms with Crippen LogP contribution in [0.4, 0.5) is 0 Å². The summed E-state index contributed by atoms with van der Waals surface area (Å²) in [6.45, 7) is 5.14. The molecule has 0 bridgehead atoms. The number of carbonyl (C=O) groups excluding carboxylic acids is 1. The fourth-order valence-electron chi connectivity index (χ4n) is 2.81. The average Bonchev–Trinajstić information content (AvgIpc) is 2.85. The monoisotopic (exact) mass is 292 g/mol. The molecule has 0 spiro atoms. The quantitative estimate of drug-likeness (QED) is 0.847. The summed E-state index contributed by atoms with van der Waals surface area (Å²) in [5.41, 5.74) is 8.26. The molecule has 0 aromatic heterocycles. The molecule has 1 fully saturated rings. The lowest BCUT2D eigenvalue weighted by Crippen LogP contribution is -2.26. The van der Waals surface area contributed by atoms with E-state index in [0.29, 0.717) is 11.6 Å². The molecule has 4 heteroatoms. The molecule has 1 aromatic carbocycles. The number of nitrogens with two attached hydrogens (primary N) is 1. The summed E-state index contributed by atoms with van der Waals surface area (Å²) in [4.78, 5) is 11.1. The van der Waals surface area contributed by atoms with Crippen molar-refractivity contribution in [3.05, 3.63) is 34.9 Å². The second kappa shape index (κ2) is 7.14. The van der Waals surface area contributed by atoms with Crippen LogP contribution in [-0.2, 0) is 6.54 Å². The van der Waals surface area contributed by atoms with Crippen LogP contribution in [0.25, 0.3) is 0 Å². The van der Waals surface area contributed by atoms with Crippen molar-refractivity contribution in [3.63, 3.8) is 0 Å². The average molecular weight is 292 g/mol. The van der Waals surface area contributed by atoms with Crippen LogP contribution in [0, 0.1) is 6.92 Å². The van der Waals surface area contributed by atoms with E-state index in [2.05, 4.69) is 24.0 Å². The second-order valence-corrected chi connectivity index (χ2v) is 7.05. The molecular formula is C16H24N2OS.